The molecular weight excluding hydrogens is 293 g/mol. The summed E-state index contributed by atoms with van der Waals surface area (Å²) in [6.07, 6.45) is -3.13. The van der Waals surface area contributed by atoms with E-state index in [1.807, 2.05) is 0 Å². The first-order valence-electron chi connectivity index (χ1n) is 6.25. The minimum atomic E-state index is -4.49. The lowest BCUT2D eigenvalue weighted by Gasteiger charge is -2.22. The molecule has 110 valence electrons. The summed E-state index contributed by atoms with van der Waals surface area (Å²) in [5.41, 5.74) is -0.793. The van der Waals surface area contributed by atoms with Gasteiger partial charge in [0.1, 0.15) is 0 Å². The Morgan fingerprint density at radius 2 is 1.90 bits per heavy atom. The third-order valence-corrected chi connectivity index (χ3v) is 3.42. The highest BCUT2D eigenvalue weighted by atomic mass is 35.5. The van der Waals surface area contributed by atoms with Gasteiger partial charge in [-0.15, -0.1) is 0 Å². The molecule has 0 unspecified atom stereocenters. The topological polar surface area (TPSA) is 41.1 Å². The molecule has 2 rings (SSSR count). The third kappa shape index (κ3) is 3.86. The van der Waals surface area contributed by atoms with Crippen LogP contribution in [-0.2, 0) is 11.0 Å². The van der Waals surface area contributed by atoms with E-state index in [1.54, 1.807) is 0 Å². The Balaban J connectivity index is 2.12. The molecule has 0 aromatic heterocycles. The number of rotatable bonds is 2. The average molecular weight is 307 g/mol. The molecule has 1 heterocycles. The minimum Gasteiger partial charge on any atom is -0.326 e. The quantitative estimate of drug-likeness (QED) is 0.880. The highest BCUT2D eigenvalue weighted by Gasteiger charge is 2.31. The summed E-state index contributed by atoms with van der Waals surface area (Å²) in [6, 6.07) is 3.04. The Hall–Kier alpha value is -1.27. The van der Waals surface area contributed by atoms with E-state index in [1.165, 1.54) is 6.07 Å². The number of carbonyl (C=O) groups is 1. The summed E-state index contributed by atoms with van der Waals surface area (Å²) in [5.74, 6) is -0.438. The SMILES string of the molecule is O=C(Nc1cc(Cl)cc(C(F)(F)F)c1)C1CCNCC1. The maximum atomic E-state index is 12.7. The van der Waals surface area contributed by atoms with E-state index >= 15 is 0 Å². The van der Waals surface area contributed by atoms with Gasteiger partial charge in [0.2, 0.25) is 5.91 Å². The zero-order valence-electron chi connectivity index (χ0n) is 10.6. The van der Waals surface area contributed by atoms with E-state index in [2.05, 4.69) is 10.6 Å². The van der Waals surface area contributed by atoms with Gasteiger partial charge in [0.25, 0.3) is 0 Å². The number of alkyl halides is 3. The molecule has 1 aliphatic rings. The Morgan fingerprint density at radius 3 is 2.50 bits per heavy atom. The number of amides is 1. The van der Waals surface area contributed by atoms with Gasteiger partial charge in [-0.25, -0.2) is 0 Å². The van der Waals surface area contributed by atoms with Gasteiger partial charge in [-0.05, 0) is 44.1 Å². The molecule has 1 amide bonds. The highest BCUT2D eigenvalue weighted by Crippen LogP contribution is 2.33. The van der Waals surface area contributed by atoms with Gasteiger partial charge in [-0.1, -0.05) is 11.6 Å². The lowest BCUT2D eigenvalue weighted by Crippen LogP contribution is -2.34. The van der Waals surface area contributed by atoms with Crippen molar-refractivity contribution < 1.29 is 18.0 Å². The van der Waals surface area contributed by atoms with Crippen molar-refractivity contribution in [3.05, 3.63) is 28.8 Å². The number of hydrogen-bond donors (Lipinski definition) is 2. The molecule has 0 spiro atoms. The van der Waals surface area contributed by atoms with Crippen LogP contribution in [-0.4, -0.2) is 19.0 Å². The maximum Gasteiger partial charge on any atom is 0.416 e. The number of piperidine rings is 1. The van der Waals surface area contributed by atoms with Crippen LogP contribution in [0.1, 0.15) is 18.4 Å². The van der Waals surface area contributed by atoms with Crippen molar-refractivity contribution in [3.63, 3.8) is 0 Å². The van der Waals surface area contributed by atoms with E-state index in [4.69, 9.17) is 11.6 Å². The normalized spacial score (nSPS) is 17.0. The van der Waals surface area contributed by atoms with Crippen LogP contribution in [0.2, 0.25) is 5.02 Å². The first-order chi connectivity index (χ1) is 9.36. The van der Waals surface area contributed by atoms with Gasteiger partial charge in [0.05, 0.1) is 5.56 Å². The summed E-state index contributed by atoms with van der Waals surface area (Å²) in [6.45, 7) is 1.48. The fourth-order valence-corrected chi connectivity index (χ4v) is 2.39. The Labute approximate surface area is 119 Å². The van der Waals surface area contributed by atoms with Crippen LogP contribution in [0.5, 0.6) is 0 Å². The number of halogens is 4. The van der Waals surface area contributed by atoms with E-state index in [0.29, 0.717) is 12.8 Å². The van der Waals surface area contributed by atoms with Crippen molar-refractivity contribution in [2.75, 3.05) is 18.4 Å². The minimum absolute atomic E-state index is 0.0552. The fourth-order valence-electron chi connectivity index (χ4n) is 2.15. The molecule has 0 radical (unpaired) electrons. The molecule has 1 aromatic carbocycles. The molecule has 1 aliphatic heterocycles. The van der Waals surface area contributed by atoms with Gasteiger partial charge in [-0.2, -0.15) is 13.2 Å². The van der Waals surface area contributed by atoms with Gasteiger partial charge in [0.15, 0.2) is 0 Å². The molecule has 2 N–H and O–H groups in total. The lowest BCUT2D eigenvalue weighted by atomic mass is 9.97. The van der Waals surface area contributed by atoms with Gasteiger partial charge in [0, 0.05) is 16.6 Å². The van der Waals surface area contributed by atoms with E-state index in [0.717, 1.165) is 25.2 Å². The molecule has 1 aromatic rings. The van der Waals surface area contributed by atoms with Gasteiger partial charge >= 0.3 is 6.18 Å². The summed E-state index contributed by atoms with van der Waals surface area (Å²) < 4.78 is 38.0. The molecule has 0 atom stereocenters. The molecule has 0 saturated carbocycles. The van der Waals surface area contributed by atoms with Crippen molar-refractivity contribution in [3.8, 4) is 0 Å². The maximum absolute atomic E-state index is 12.7. The summed E-state index contributed by atoms with van der Waals surface area (Å²) in [4.78, 5) is 12.0. The predicted octanol–water partition coefficient (Wildman–Crippen LogP) is 3.30. The Bertz CT molecular complexity index is 499. The number of hydrogen-bond acceptors (Lipinski definition) is 2. The number of anilines is 1. The van der Waals surface area contributed by atoms with Crippen LogP contribution in [0.25, 0.3) is 0 Å². The highest BCUT2D eigenvalue weighted by molar-refractivity contribution is 6.31. The largest absolute Gasteiger partial charge is 0.416 e. The van der Waals surface area contributed by atoms with Crippen LogP contribution in [0.15, 0.2) is 18.2 Å². The van der Waals surface area contributed by atoms with Crippen LogP contribution in [0, 0.1) is 5.92 Å². The summed E-state index contributed by atoms with van der Waals surface area (Å²) in [5, 5.41) is 5.58. The lowest BCUT2D eigenvalue weighted by molar-refractivity contribution is -0.137. The van der Waals surface area contributed by atoms with Crippen molar-refractivity contribution in [1.82, 2.24) is 5.32 Å². The second-order valence-electron chi connectivity index (χ2n) is 4.74. The molecule has 0 bridgehead atoms. The smallest absolute Gasteiger partial charge is 0.326 e. The van der Waals surface area contributed by atoms with Crippen LogP contribution in [0.3, 0.4) is 0 Å². The van der Waals surface area contributed by atoms with Crippen molar-refractivity contribution >= 4 is 23.2 Å². The fraction of sp³-hybridized carbons (Fsp3) is 0.462. The molecule has 1 saturated heterocycles. The monoisotopic (exact) mass is 306 g/mol. The Morgan fingerprint density at radius 1 is 1.25 bits per heavy atom. The zero-order chi connectivity index (χ0) is 14.8. The summed E-state index contributed by atoms with van der Waals surface area (Å²) >= 11 is 5.66. The average Bonchev–Trinajstić information content (AvgIpc) is 2.38. The van der Waals surface area contributed by atoms with Crippen molar-refractivity contribution in [2.45, 2.75) is 19.0 Å². The number of benzene rings is 1. The second-order valence-corrected chi connectivity index (χ2v) is 5.18. The van der Waals surface area contributed by atoms with Gasteiger partial charge in [-0.3, -0.25) is 4.79 Å². The second kappa shape index (κ2) is 6.01. The van der Waals surface area contributed by atoms with E-state index in [9.17, 15) is 18.0 Å². The number of nitrogens with one attached hydrogen (secondary N) is 2. The van der Waals surface area contributed by atoms with E-state index in [-0.39, 0.29) is 22.5 Å². The molecule has 7 heteroatoms. The first kappa shape index (κ1) is 15.1. The third-order valence-electron chi connectivity index (χ3n) is 3.20. The summed E-state index contributed by atoms with van der Waals surface area (Å²) in [7, 11) is 0. The number of carbonyl (C=O) groups excluding carboxylic acids is 1. The van der Waals surface area contributed by atoms with Crippen LogP contribution >= 0.6 is 11.6 Å². The zero-order valence-corrected chi connectivity index (χ0v) is 11.3. The molecule has 20 heavy (non-hydrogen) atoms. The van der Waals surface area contributed by atoms with Crippen molar-refractivity contribution in [1.29, 1.82) is 0 Å². The van der Waals surface area contributed by atoms with Crippen LogP contribution < -0.4 is 10.6 Å². The predicted molar refractivity (Wildman–Crippen MR) is 70.7 cm³/mol. The molecule has 0 aliphatic carbocycles. The van der Waals surface area contributed by atoms with Crippen molar-refractivity contribution in [2.24, 2.45) is 5.92 Å². The standard InChI is InChI=1S/C13H14ClF3N2O/c14-10-5-9(13(15,16)17)6-11(7-10)19-12(20)8-1-3-18-4-2-8/h5-8,18H,1-4H2,(H,19,20). The first-order valence-corrected chi connectivity index (χ1v) is 6.63. The molecule has 3 nitrogen and oxygen atoms in total. The van der Waals surface area contributed by atoms with Crippen LogP contribution in [0.4, 0.5) is 18.9 Å². The van der Waals surface area contributed by atoms with Gasteiger partial charge < -0.3 is 10.6 Å². The molecule has 1 fully saturated rings. The molecular formula is C13H14ClF3N2O. The van der Waals surface area contributed by atoms with E-state index < -0.39 is 11.7 Å². The Kier molecular flexibility index (Phi) is 4.55.